The third kappa shape index (κ3) is 4.17. The summed E-state index contributed by atoms with van der Waals surface area (Å²) < 4.78 is 0. The van der Waals surface area contributed by atoms with E-state index < -0.39 is 0 Å². The number of amides is 1. The zero-order valence-electron chi connectivity index (χ0n) is 12.0. The first-order valence-electron chi connectivity index (χ1n) is 6.73. The Morgan fingerprint density at radius 1 is 1.33 bits per heavy atom. The molecule has 6 heteroatoms. The van der Waals surface area contributed by atoms with Crippen molar-refractivity contribution in [1.29, 1.82) is 0 Å². The van der Waals surface area contributed by atoms with Crippen LogP contribution in [-0.2, 0) is 6.54 Å². The van der Waals surface area contributed by atoms with Crippen LogP contribution < -0.4 is 16.2 Å². The van der Waals surface area contributed by atoms with Crippen LogP contribution in [0.25, 0.3) is 0 Å². The first-order chi connectivity index (χ1) is 10.1. The van der Waals surface area contributed by atoms with Gasteiger partial charge in [-0.3, -0.25) is 9.59 Å². The lowest BCUT2D eigenvalue weighted by Gasteiger charge is -2.13. The van der Waals surface area contributed by atoms with Gasteiger partial charge in [0.25, 0.3) is 5.91 Å². The van der Waals surface area contributed by atoms with Crippen LogP contribution in [0.3, 0.4) is 0 Å². The maximum Gasteiger partial charge on any atom is 0.255 e. The van der Waals surface area contributed by atoms with Gasteiger partial charge in [0.2, 0.25) is 5.56 Å². The number of H-pyrrole nitrogens is 1. The Balaban J connectivity index is 2.06. The van der Waals surface area contributed by atoms with E-state index in [9.17, 15) is 9.59 Å². The van der Waals surface area contributed by atoms with Crippen LogP contribution in [0.5, 0.6) is 0 Å². The van der Waals surface area contributed by atoms with Crippen LogP contribution in [0.4, 0.5) is 5.82 Å². The molecule has 0 fully saturated rings. The van der Waals surface area contributed by atoms with Gasteiger partial charge in [-0.2, -0.15) is 0 Å². The van der Waals surface area contributed by atoms with E-state index in [2.05, 4.69) is 20.6 Å². The number of pyridine rings is 2. The van der Waals surface area contributed by atoms with Crippen molar-refractivity contribution < 1.29 is 4.79 Å². The van der Waals surface area contributed by atoms with Gasteiger partial charge in [0.1, 0.15) is 5.82 Å². The fraction of sp³-hybridized carbons (Fsp3) is 0.267. The second kappa shape index (κ2) is 6.69. The molecule has 110 valence electrons. The molecule has 0 atom stereocenters. The van der Waals surface area contributed by atoms with Crippen LogP contribution in [0.2, 0.25) is 0 Å². The molecule has 0 spiro atoms. The number of carbonyl (C=O) groups is 1. The summed E-state index contributed by atoms with van der Waals surface area (Å²) >= 11 is 0. The van der Waals surface area contributed by atoms with Gasteiger partial charge < -0.3 is 15.6 Å². The first-order valence-corrected chi connectivity index (χ1v) is 6.73. The molecule has 0 bridgehead atoms. The summed E-state index contributed by atoms with van der Waals surface area (Å²) in [5, 5.41) is 5.95. The highest BCUT2D eigenvalue weighted by Crippen LogP contribution is 2.12. The smallest absolute Gasteiger partial charge is 0.255 e. The average molecular weight is 286 g/mol. The van der Waals surface area contributed by atoms with Gasteiger partial charge in [-0.05, 0) is 31.5 Å². The molecule has 0 unspecified atom stereocenters. The second-order valence-corrected chi connectivity index (χ2v) is 4.94. The van der Waals surface area contributed by atoms with Crippen molar-refractivity contribution in [3.63, 3.8) is 0 Å². The maximum absolute atomic E-state index is 12.2. The zero-order valence-corrected chi connectivity index (χ0v) is 12.0. The predicted molar refractivity (Wildman–Crippen MR) is 81.2 cm³/mol. The number of rotatable bonds is 5. The monoisotopic (exact) mass is 286 g/mol. The van der Waals surface area contributed by atoms with Gasteiger partial charge >= 0.3 is 0 Å². The minimum atomic E-state index is -0.211. The summed E-state index contributed by atoms with van der Waals surface area (Å²) in [6, 6.07) is 6.73. The number of aromatic nitrogens is 2. The van der Waals surface area contributed by atoms with Crippen molar-refractivity contribution in [2.24, 2.45) is 0 Å². The molecule has 0 aliphatic carbocycles. The van der Waals surface area contributed by atoms with E-state index in [1.165, 1.54) is 6.07 Å². The topological polar surface area (TPSA) is 86.9 Å². The molecule has 0 saturated heterocycles. The third-order valence-corrected chi connectivity index (χ3v) is 2.78. The summed E-state index contributed by atoms with van der Waals surface area (Å²) in [5.74, 6) is 0.351. The fourth-order valence-corrected chi connectivity index (χ4v) is 1.81. The Hall–Kier alpha value is -2.63. The number of nitrogens with one attached hydrogen (secondary N) is 3. The lowest BCUT2D eigenvalue weighted by Crippen LogP contribution is -2.25. The van der Waals surface area contributed by atoms with Crippen molar-refractivity contribution in [2.45, 2.75) is 26.4 Å². The highest BCUT2D eigenvalue weighted by molar-refractivity contribution is 5.98. The van der Waals surface area contributed by atoms with Crippen LogP contribution in [0.15, 0.2) is 41.5 Å². The van der Waals surface area contributed by atoms with E-state index in [0.717, 1.165) is 5.56 Å². The summed E-state index contributed by atoms with van der Waals surface area (Å²) in [5.41, 5.74) is 1.15. The summed E-state index contributed by atoms with van der Waals surface area (Å²) in [7, 11) is 0. The minimum absolute atomic E-state index is 0.166. The van der Waals surface area contributed by atoms with E-state index in [4.69, 9.17) is 0 Å². The first kappa shape index (κ1) is 14.8. The Kier molecular flexibility index (Phi) is 4.71. The molecule has 6 nitrogen and oxygen atoms in total. The minimum Gasteiger partial charge on any atom is -0.367 e. The number of hydrogen-bond acceptors (Lipinski definition) is 4. The highest BCUT2D eigenvalue weighted by Gasteiger charge is 2.12. The van der Waals surface area contributed by atoms with Crippen LogP contribution in [0, 0.1) is 0 Å². The Bertz CT molecular complexity index is 659. The normalized spacial score (nSPS) is 10.4. The van der Waals surface area contributed by atoms with Gasteiger partial charge in [0, 0.05) is 31.0 Å². The summed E-state index contributed by atoms with van der Waals surface area (Å²) in [6.07, 6.45) is 3.22. The predicted octanol–water partition coefficient (Wildman–Crippen LogP) is 1.52. The molecule has 0 radical (unpaired) electrons. The molecule has 0 aliphatic heterocycles. The number of hydrogen-bond donors (Lipinski definition) is 3. The molecule has 0 saturated carbocycles. The molecule has 1 amide bonds. The molecule has 2 aromatic rings. The standard InChI is InChI=1S/C15H18N4O2/c1-10(2)19-14-12(4-3-7-16-14)15(21)18-9-11-5-6-13(20)17-8-11/h3-8,10H,9H2,1-2H3,(H,16,19)(H,17,20)(H,18,21). The quantitative estimate of drug-likeness (QED) is 0.777. The van der Waals surface area contributed by atoms with Crippen LogP contribution >= 0.6 is 0 Å². The van der Waals surface area contributed by atoms with E-state index in [0.29, 0.717) is 17.9 Å². The number of aromatic amines is 1. The Morgan fingerprint density at radius 3 is 2.81 bits per heavy atom. The molecule has 3 N–H and O–H groups in total. The summed E-state index contributed by atoms with van der Waals surface area (Å²) in [4.78, 5) is 29.9. The van der Waals surface area contributed by atoms with Crippen molar-refractivity contribution >= 4 is 11.7 Å². The van der Waals surface area contributed by atoms with Gasteiger partial charge in [0.15, 0.2) is 0 Å². The van der Waals surface area contributed by atoms with Crippen molar-refractivity contribution in [3.8, 4) is 0 Å². The number of carbonyl (C=O) groups excluding carboxylic acids is 1. The van der Waals surface area contributed by atoms with Gasteiger partial charge in [0.05, 0.1) is 5.56 Å². The SMILES string of the molecule is CC(C)Nc1ncccc1C(=O)NCc1ccc(=O)[nH]c1. The van der Waals surface area contributed by atoms with Gasteiger partial charge in [-0.15, -0.1) is 0 Å². The van der Waals surface area contributed by atoms with Crippen LogP contribution in [0.1, 0.15) is 29.8 Å². The number of anilines is 1. The molecule has 21 heavy (non-hydrogen) atoms. The molecule has 2 rings (SSSR count). The largest absolute Gasteiger partial charge is 0.367 e. The molecule has 0 aromatic carbocycles. The van der Waals surface area contributed by atoms with Crippen LogP contribution in [-0.4, -0.2) is 21.9 Å². The second-order valence-electron chi connectivity index (χ2n) is 4.94. The summed E-state index contributed by atoms with van der Waals surface area (Å²) in [6.45, 7) is 4.30. The maximum atomic E-state index is 12.2. The molecular formula is C15H18N4O2. The van der Waals surface area contributed by atoms with E-state index in [1.54, 1.807) is 30.6 Å². The lowest BCUT2D eigenvalue weighted by atomic mass is 10.2. The molecule has 0 aliphatic rings. The van der Waals surface area contributed by atoms with E-state index in [-0.39, 0.29) is 17.5 Å². The van der Waals surface area contributed by atoms with Crippen molar-refractivity contribution in [1.82, 2.24) is 15.3 Å². The number of nitrogens with zero attached hydrogens (tertiary/aromatic N) is 1. The van der Waals surface area contributed by atoms with Crippen molar-refractivity contribution in [2.75, 3.05) is 5.32 Å². The average Bonchev–Trinajstić information content (AvgIpc) is 2.46. The fourth-order valence-electron chi connectivity index (χ4n) is 1.81. The molecule has 2 aromatic heterocycles. The zero-order chi connectivity index (χ0) is 15.2. The Morgan fingerprint density at radius 2 is 2.14 bits per heavy atom. The van der Waals surface area contributed by atoms with Crippen molar-refractivity contribution in [3.05, 3.63) is 58.1 Å². The molecule has 2 heterocycles. The molecular weight excluding hydrogens is 268 g/mol. The van der Waals surface area contributed by atoms with E-state index >= 15 is 0 Å². The van der Waals surface area contributed by atoms with E-state index in [1.807, 2.05) is 13.8 Å². The third-order valence-electron chi connectivity index (χ3n) is 2.78. The lowest BCUT2D eigenvalue weighted by molar-refractivity contribution is 0.0951. The Labute approximate surface area is 122 Å². The van der Waals surface area contributed by atoms with Gasteiger partial charge in [-0.25, -0.2) is 4.98 Å². The van der Waals surface area contributed by atoms with Gasteiger partial charge in [-0.1, -0.05) is 6.07 Å². The highest BCUT2D eigenvalue weighted by atomic mass is 16.1.